The van der Waals surface area contributed by atoms with E-state index < -0.39 is 0 Å². The Balaban J connectivity index is 2.16. The van der Waals surface area contributed by atoms with E-state index in [1.54, 1.807) is 6.07 Å². The van der Waals surface area contributed by atoms with Gasteiger partial charge in [-0.1, -0.05) is 11.6 Å². The van der Waals surface area contributed by atoms with Crippen molar-refractivity contribution in [2.75, 3.05) is 6.54 Å². The lowest BCUT2D eigenvalue weighted by atomic mass is 10.2. The number of halogens is 2. The minimum Gasteiger partial charge on any atom is -0.350 e. The van der Waals surface area contributed by atoms with Crippen LogP contribution in [0.2, 0.25) is 5.02 Å². The van der Waals surface area contributed by atoms with Crippen molar-refractivity contribution in [2.24, 2.45) is 5.73 Å². The monoisotopic (exact) mass is 252 g/mol. The highest BCUT2D eigenvalue weighted by molar-refractivity contribution is 6.31. The van der Waals surface area contributed by atoms with E-state index in [0.717, 1.165) is 12.0 Å². The third-order valence-electron chi connectivity index (χ3n) is 2.61. The second kappa shape index (κ2) is 5.34. The Bertz CT molecular complexity index is 508. The minimum atomic E-state index is -0.265. The molecule has 0 saturated carbocycles. The third kappa shape index (κ3) is 3.08. The van der Waals surface area contributed by atoms with Crippen LogP contribution >= 0.6 is 11.6 Å². The van der Waals surface area contributed by atoms with E-state index in [0.29, 0.717) is 18.1 Å². The van der Waals surface area contributed by atoms with Crippen LogP contribution in [0.3, 0.4) is 0 Å². The molecule has 4 heteroatoms. The number of hydrogen-bond acceptors (Lipinski definition) is 1. The lowest BCUT2D eigenvalue weighted by Gasteiger charge is -2.05. The maximum atomic E-state index is 13.1. The fourth-order valence-electron chi connectivity index (χ4n) is 1.76. The van der Waals surface area contributed by atoms with Gasteiger partial charge in [-0.15, -0.1) is 0 Å². The summed E-state index contributed by atoms with van der Waals surface area (Å²) in [6, 6.07) is 6.42. The van der Waals surface area contributed by atoms with E-state index in [1.165, 1.54) is 17.7 Å². The molecule has 0 saturated heterocycles. The summed E-state index contributed by atoms with van der Waals surface area (Å²) in [5.74, 6) is -0.265. The van der Waals surface area contributed by atoms with Gasteiger partial charge < -0.3 is 10.3 Å². The lowest BCUT2D eigenvalue weighted by molar-refractivity contribution is 0.623. The van der Waals surface area contributed by atoms with Crippen molar-refractivity contribution >= 4 is 11.6 Å². The van der Waals surface area contributed by atoms with Crippen molar-refractivity contribution in [1.82, 2.24) is 4.57 Å². The molecule has 2 aromatic rings. The van der Waals surface area contributed by atoms with Gasteiger partial charge in [-0.3, -0.25) is 0 Å². The molecule has 2 nitrogen and oxygen atoms in total. The summed E-state index contributed by atoms with van der Waals surface area (Å²) in [4.78, 5) is 0. The molecule has 0 radical (unpaired) electrons. The molecule has 0 aliphatic carbocycles. The fraction of sp³-hybridized carbons (Fsp3) is 0.231. The van der Waals surface area contributed by atoms with Gasteiger partial charge in [0.25, 0.3) is 0 Å². The van der Waals surface area contributed by atoms with Crippen LogP contribution in [0.5, 0.6) is 0 Å². The van der Waals surface area contributed by atoms with Gasteiger partial charge in [-0.05, 0) is 48.4 Å². The van der Waals surface area contributed by atoms with E-state index in [2.05, 4.69) is 0 Å². The zero-order valence-corrected chi connectivity index (χ0v) is 10.1. The minimum absolute atomic E-state index is 0.265. The Morgan fingerprint density at radius 3 is 2.88 bits per heavy atom. The first-order valence-corrected chi connectivity index (χ1v) is 5.85. The molecule has 17 heavy (non-hydrogen) atoms. The van der Waals surface area contributed by atoms with Crippen LogP contribution in [0, 0.1) is 5.82 Å². The highest BCUT2D eigenvalue weighted by Gasteiger charge is 2.03. The number of benzene rings is 1. The molecule has 0 bridgehead atoms. The molecule has 0 fully saturated rings. The van der Waals surface area contributed by atoms with Gasteiger partial charge in [0.15, 0.2) is 0 Å². The van der Waals surface area contributed by atoms with Gasteiger partial charge in [0, 0.05) is 24.0 Å². The number of rotatable bonds is 4. The predicted octanol–water partition coefficient (Wildman–Crippen LogP) is 2.83. The normalized spacial score (nSPS) is 10.8. The fourth-order valence-corrected chi connectivity index (χ4v) is 1.94. The van der Waals surface area contributed by atoms with E-state index in [-0.39, 0.29) is 5.82 Å². The van der Waals surface area contributed by atoms with Crippen LogP contribution in [-0.4, -0.2) is 11.1 Å². The summed E-state index contributed by atoms with van der Waals surface area (Å²) in [6.07, 6.45) is 4.81. The molecule has 0 unspecified atom stereocenters. The summed E-state index contributed by atoms with van der Waals surface area (Å²) in [5.41, 5.74) is 7.45. The first kappa shape index (κ1) is 12.1. The molecule has 90 valence electrons. The Labute approximate surface area is 105 Å². The summed E-state index contributed by atoms with van der Waals surface area (Å²) in [6.45, 7) is 1.20. The van der Waals surface area contributed by atoms with E-state index in [4.69, 9.17) is 17.3 Å². The van der Waals surface area contributed by atoms with Crippen molar-refractivity contribution in [3.63, 3.8) is 0 Å². The van der Waals surface area contributed by atoms with Crippen LogP contribution in [0.1, 0.15) is 11.1 Å². The molecular formula is C13H14ClFN2. The Morgan fingerprint density at radius 1 is 1.29 bits per heavy atom. The SMILES string of the molecule is NCCc1ccn(Cc2cc(F)ccc2Cl)c1. The van der Waals surface area contributed by atoms with Gasteiger partial charge in [0.2, 0.25) is 0 Å². The second-order valence-electron chi connectivity index (χ2n) is 3.97. The summed E-state index contributed by atoms with van der Waals surface area (Å²) in [7, 11) is 0. The Hall–Kier alpha value is -1.32. The number of hydrogen-bond donors (Lipinski definition) is 1. The van der Waals surface area contributed by atoms with Crippen LogP contribution in [0.4, 0.5) is 4.39 Å². The second-order valence-corrected chi connectivity index (χ2v) is 4.37. The molecule has 1 aromatic carbocycles. The molecule has 0 aliphatic rings. The highest BCUT2D eigenvalue weighted by atomic mass is 35.5. The maximum absolute atomic E-state index is 13.1. The molecular weight excluding hydrogens is 239 g/mol. The predicted molar refractivity (Wildman–Crippen MR) is 67.7 cm³/mol. The topological polar surface area (TPSA) is 30.9 Å². The molecule has 2 rings (SSSR count). The van der Waals surface area contributed by atoms with Gasteiger partial charge in [-0.2, -0.15) is 0 Å². The average Bonchev–Trinajstić information content (AvgIpc) is 2.72. The molecule has 0 atom stereocenters. The van der Waals surface area contributed by atoms with Crippen molar-refractivity contribution in [2.45, 2.75) is 13.0 Å². The zero-order chi connectivity index (χ0) is 12.3. The van der Waals surface area contributed by atoms with Crippen molar-refractivity contribution in [1.29, 1.82) is 0 Å². The summed E-state index contributed by atoms with van der Waals surface area (Å²) in [5, 5.41) is 0.584. The highest BCUT2D eigenvalue weighted by Crippen LogP contribution is 2.18. The van der Waals surface area contributed by atoms with E-state index in [9.17, 15) is 4.39 Å². The molecule has 2 N–H and O–H groups in total. The van der Waals surface area contributed by atoms with Crippen molar-refractivity contribution < 1.29 is 4.39 Å². The first-order valence-electron chi connectivity index (χ1n) is 5.47. The number of nitrogens with zero attached hydrogens (tertiary/aromatic N) is 1. The van der Waals surface area contributed by atoms with Gasteiger partial charge in [-0.25, -0.2) is 4.39 Å². The van der Waals surface area contributed by atoms with Gasteiger partial charge in [0.1, 0.15) is 5.82 Å². The van der Waals surface area contributed by atoms with Crippen LogP contribution < -0.4 is 5.73 Å². The van der Waals surface area contributed by atoms with Crippen molar-refractivity contribution in [3.05, 3.63) is 58.6 Å². The van der Waals surface area contributed by atoms with Crippen LogP contribution in [0.25, 0.3) is 0 Å². The lowest BCUT2D eigenvalue weighted by Crippen LogP contribution is -2.02. The summed E-state index contributed by atoms with van der Waals surface area (Å²) >= 11 is 6.01. The van der Waals surface area contributed by atoms with Crippen LogP contribution in [-0.2, 0) is 13.0 Å². The standard InChI is InChI=1S/C13H14ClFN2/c14-13-2-1-12(15)7-11(13)9-17-6-4-10(8-17)3-5-16/h1-2,4,6-8H,3,5,9,16H2. The van der Waals surface area contributed by atoms with E-state index >= 15 is 0 Å². The van der Waals surface area contributed by atoms with Gasteiger partial charge in [0.05, 0.1) is 0 Å². The maximum Gasteiger partial charge on any atom is 0.123 e. The third-order valence-corrected chi connectivity index (χ3v) is 2.97. The molecule has 1 heterocycles. The molecule has 0 amide bonds. The average molecular weight is 253 g/mol. The molecule has 0 spiro atoms. The smallest absolute Gasteiger partial charge is 0.123 e. The number of nitrogens with two attached hydrogens (primary N) is 1. The summed E-state index contributed by atoms with van der Waals surface area (Å²) < 4.78 is 15.1. The Morgan fingerprint density at radius 2 is 2.12 bits per heavy atom. The van der Waals surface area contributed by atoms with Gasteiger partial charge >= 0.3 is 0 Å². The van der Waals surface area contributed by atoms with Crippen LogP contribution in [0.15, 0.2) is 36.7 Å². The Kier molecular flexibility index (Phi) is 3.82. The van der Waals surface area contributed by atoms with E-state index in [1.807, 2.05) is 23.0 Å². The molecule has 1 aromatic heterocycles. The largest absolute Gasteiger partial charge is 0.350 e. The zero-order valence-electron chi connectivity index (χ0n) is 9.37. The number of aromatic nitrogens is 1. The first-order chi connectivity index (χ1) is 8.19. The quantitative estimate of drug-likeness (QED) is 0.891. The van der Waals surface area contributed by atoms with Crippen molar-refractivity contribution in [3.8, 4) is 0 Å². The molecule has 0 aliphatic heterocycles.